The maximum Gasteiger partial charge on any atom is 0.323 e. The Hall–Kier alpha value is -2.38. The van der Waals surface area contributed by atoms with E-state index in [1.54, 1.807) is 13.8 Å². The van der Waals surface area contributed by atoms with Crippen LogP contribution < -0.4 is 9.64 Å². The molecule has 0 saturated heterocycles. The van der Waals surface area contributed by atoms with Crippen molar-refractivity contribution in [1.29, 1.82) is 0 Å². The van der Waals surface area contributed by atoms with E-state index in [9.17, 15) is 19.3 Å². The molecule has 1 aromatic rings. The average molecular weight is 286 g/mol. The normalized spacial score (nSPS) is 10.4. The number of ether oxygens (including phenoxy) is 1. The molecule has 1 N–H and O–H groups in total. The van der Waals surface area contributed by atoms with Crippen LogP contribution in [0.15, 0.2) is 12.1 Å². The van der Waals surface area contributed by atoms with Gasteiger partial charge in [0, 0.05) is 12.1 Å². The van der Waals surface area contributed by atoms with Gasteiger partial charge in [0.25, 0.3) is 0 Å². The molecular weight excluding hydrogens is 271 g/mol. The highest BCUT2D eigenvalue weighted by molar-refractivity contribution is 5.75. The van der Waals surface area contributed by atoms with Gasteiger partial charge in [0.1, 0.15) is 6.54 Å². The quantitative estimate of drug-likeness (QED) is 0.635. The van der Waals surface area contributed by atoms with Gasteiger partial charge in [-0.05, 0) is 13.8 Å². The van der Waals surface area contributed by atoms with E-state index >= 15 is 0 Å². The molecule has 0 saturated carbocycles. The molecule has 110 valence electrons. The molecular formula is C12H15FN2O5. The first-order valence-corrected chi connectivity index (χ1v) is 5.78. The zero-order valence-corrected chi connectivity index (χ0v) is 11.3. The topological polar surface area (TPSA) is 92.9 Å². The van der Waals surface area contributed by atoms with Gasteiger partial charge in [0.15, 0.2) is 11.6 Å². The number of nitrogens with zero attached hydrogens (tertiary/aromatic N) is 2. The molecule has 0 aromatic heterocycles. The van der Waals surface area contributed by atoms with E-state index in [2.05, 4.69) is 0 Å². The molecule has 0 aliphatic rings. The van der Waals surface area contributed by atoms with Crippen LogP contribution in [0.5, 0.6) is 5.75 Å². The number of benzene rings is 1. The van der Waals surface area contributed by atoms with E-state index in [0.717, 1.165) is 12.1 Å². The summed E-state index contributed by atoms with van der Waals surface area (Å²) in [4.78, 5) is 22.1. The Morgan fingerprint density at radius 2 is 2.15 bits per heavy atom. The van der Waals surface area contributed by atoms with Gasteiger partial charge in [-0.1, -0.05) is 0 Å². The van der Waals surface area contributed by atoms with Crippen molar-refractivity contribution in [3.05, 3.63) is 28.1 Å². The number of carboxylic acids is 1. The molecule has 0 radical (unpaired) electrons. The number of rotatable bonds is 6. The number of nitro groups is 1. The molecule has 0 fully saturated rings. The summed E-state index contributed by atoms with van der Waals surface area (Å²) in [7, 11) is 1.22. The van der Waals surface area contributed by atoms with Gasteiger partial charge < -0.3 is 14.7 Å². The largest absolute Gasteiger partial charge is 0.490 e. The molecule has 1 rings (SSSR count). The fourth-order valence-electron chi connectivity index (χ4n) is 1.75. The SMILES string of the molecule is COc1cc(N(CC(=O)O)C(C)C)c(F)cc1[N+](=O)[O-]. The minimum atomic E-state index is -1.13. The summed E-state index contributed by atoms with van der Waals surface area (Å²) < 4.78 is 18.8. The Labute approximate surface area is 114 Å². The number of anilines is 1. The average Bonchev–Trinajstić information content (AvgIpc) is 2.35. The van der Waals surface area contributed by atoms with Gasteiger partial charge in [-0.3, -0.25) is 14.9 Å². The minimum Gasteiger partial charge on any atom is -0.490 e. The van der Waals surface area contributed by atoms with Crippen LogP contribution in [0.4, 0.5) is 15.8 Å². The second-order valence-electron chi connectivity index (χ2n) is 4.35. The molecule has 0 atom stereocenters. The summed E-state index contributed by atoms with van der Waals surface area (Å²) >= 11 is 0. The minimum absolute atomic E-state index is 0.0511. The highest BCUT2D eigenvalue weighted by Crippen LogP contribution is 2.34. The van der Waals surface area contributed by atoms with Crippen molar-refractivity contribution >= 4 is 17.3 Å². The fourth-order valence-corrected chi connectivity index (χ4v) is 1.75. The maximum absolute atomic E-state index is 14.0. The molecule has 0 unspecified atom stereocenters. The summed E-state index contributed by atoms with van der Waals surface area (Å²) in [5, 5.41) is 19.6. The molecule has 1 aromatic carbocycles. The lowest BCUT2D eigenvalue weighted by Gasteiger charge is -2.27. The molecule has 0 bridgehead atoms. The number of carboxylic acid groups (broad SMARTS) is 1. The van der Waals surface area contributed by atoms with Crippen molar-refractivity contribution in [2.45, 2.75) is 19.9 Å². The summed E-state index contributed by atoms with van der Waals surface area (Å²) in [6, 6.07) is 1.56. The van der Waals surface area contributed by atoms with Crippen molar-refractivity contribution in [1.82, 2.24) is 0 Å². The molecule has 0 aliphatic heterocycles. The summed E-state index contributed by atoms with van der Waals surface area (Å²) in [5.74, 6) is -2.12. The Bertz CT molecular complexity index is 533. The number of carbonyl (C=O) groups is 1. The first-order valence-electron chi connectivity index (χ1n) is 5.78. The maximum atomic E-state index is 14.0. The molecule has 0 amide bonds. The third-order valence-corrected chi connectivity index (χ3v) is 2.68. The summed E-state index contributed by atoms with van der Waals surface area (Å²) in [6.45, 7) is 2.96. The highest BCUT2D eigenvalue weighted by Gasteiger charge is 2.24. The van der Waals surface area contributed by atoms with Crippen LogP contribution in [0.1, 0.15) is 13.8 Å². The Morgan fingerprint density at radius 3 is 2.55 bits per heavy atom. The number of hydrogen-bond acceptors (Lipinski definition) is 5. The smallest absolute Gasteiger partial charge is 0.323 e. The van der Waals surface area contributed by atoms with Gasteiger partial charge >= 0.3 is 11.7 Å². The van der Waals surface area contributed by atoms with Crippen molar-refractivity contribution in [3.8, 4) is 5.75 Å². The molecule has 0 spiro atoms. The van der Waals surface area contributed by atoms with Crippen molar-refractivity contribution < 1.29 is 24.0 Å². The van der Waals surface area contributed by atoms with Crippen LogP contribution >= 0.6 is 0 Å². The van der Waals surface area contributed by atoms with E-state index in [1.165, 1.54) is 12.0 Å². The molecule has 8 heteroatoms. The first-order chi connectivity index (χ1) is 9.27. The fraction of sp³-hybridized carbons (Fsp3) is 0.417. The van der Waals surface area contributed by atoms with Crippen LogP contribution in [0.25, 0.3) is 0 Å². The second kappa shape index (κ2) is 6.18. The van der Waals surface area contributed by atoms with Crippen LogP contribution in [-0.2, 0) is 4.79 Å². The van der Waals surface area contributed by atoms with E-state index < -0.39 is 28.9 Å². The summed E-state index contributed by atoms with van der Waals surface area (Å²) in [5.41, 5.74) is -0.558. The van der Waals surface area contributed by atoms with Gasteiger partial charge in [0.05, 0.1) is 23.8 Å². The number of halogens is 1. The Kier molecular flexibility index (Phi) is 4.84. The zero-order chi connectivity index (χ0) is 15.4. The van der Waals surface area contributed by atoms with Crippen LogP contribution in [0, 0.1) is 15.9 Å². The first kappa shape index (κ1) is 15.7. The predicted octanol–water partition coefficient (Wildman–Crippen LogP) is 2.04. The Morgan fingerprint density at radius 1 is 1.55 bits per heavy atom. The number of hydrogen-bond donors (Lipinski definition) is 1. The monoisotopic (exact) mass is 286 g/mol. The molecule has 7 nitrogen and oxygen atoms in total. The van der Waals surface area contributed by atoms with E-state index in [0.29, 0.717) is 0 Å². The van der Waals surface area contributed by atoms with Crippen molar-refractivity contribution in [2.75, 3.05) is 18.6 Å². The van der Waals surface area contributed by atoms with Gasteiger partial charge in [-0.2, -0.15) is 0 Å². The number of methoxy groups -OCH3 is 1. The summed E-state index contributed by atoms with van der Waals surface area (Å²) in [6.07, 6.45) is 0. The molecule has 0 aliphatic carbocycles. The third-order valence-electron chi connectivity index (χ3n) is 2.68. The van der Waals surface area contributed by atoms with E-state index in [1.807, 2.05) is 0 Å². The van der Waals surface area contributed by atoms with E-state index in [-0.39, 0.29) is 17.5 Å². The van der Waals surface area contributed by atoms with E-state index in [4.69, 9.17) is 9.84 Å². The lowest BCUT2D eigenvalue weighted by atomic mass is 10.2. The lowest BCUT2D eigenvalue weighted by Crippen LogP contribution is -2.36. The highest BCUT2D eigenvalue weighted by atomic mass is 19.1. The Balaban J connectivity index is 3.35. The predicted molar refractivity (Wildman–Crippen MR) is 69.7 cm³/mol. The van der Waals surface area contributed by atoms with Gasteiger partial charge in [-0.25, -0.2) is 4.39 Å². The standard InChI is InChI=1S/C12H15FN2O5/c1-7(2)14(6-12(16)17)9-5-11(20-3)10(15(18)19)4-8(9)13/h4-5,7H,6H2,1-3H3,(H,16,17). The van der Waals surface area contributed by atoms with Gasteiger partial charge in [-0.15, -0.1) is 0 Å². The molecule has 0 heterocycles. The van der Waals surface area contributed by atoms with Crippen LogP contribution in [-0.4, -0.2) is 35.7 Å². The van der Waals surface area contributed by atoms with Crippen molar-refractivity contribution in [2.24, 2.45) is 0 Å². The molecule has 20 heavy (non-hydrogen) atoms. The number of nitro benzene ring substituents is 1. The second-order valence-corrected chi connectivity index (χ2v) is 4.35. The van der Waals surface area contributed by atoms with Crippen LogP contribution in [0.3, 0.4) is 0 Å². The zero-order valence-electron chi connectivity index (χ0n) is 11.3. The number of aliphatic carboxylic acids is 1. The van der Waals surface area contributed by atoms with Crippen LogP contribution in [0.2, 0.25) is 0 Å². The lowest BCUT2D eigenvalue weighted by molar-refractivity contribution is -0.385. The third kappa shape index (κ3) is 3.34. The van der Waals surface area contributed by atoms with Crippen molar-refractivity contribution in [3.63, 3.8) is 0 Å². The van der Waals surface area contributed by atoms with Gasteiger partial charge in [0.2, 0.25) is 0 Å².